The zero-order chi connectivity index (χ0) is 18.5. The average Bonchev–Trinajstić information content (AvgIpc) is 3.29. The Balaban J connectivity index is 0.00000261. The van der Waals surface area contributed by atoms with E-state index in [9.17, 15) is 19.5 Å². The molecule has 140 valence electrons. The fraction of sp³-hybridized carbons (Fsp3) is 0.500. The molecule has 27 heavy (non-hydrogen) atoms. The summed E-state index contributed by atoms with van der Waals surface area (Å²) in [7, 11) is 0. The van der Waals surface area contributed by atoms with Gasteiger partial charge in [0.05, 0.1) is 18.1 Å². The predicted octanol–water partition coefficient (Wildman–Crippen LogP) is -4.90. The summed E-state index contributed by atoms with van der Waals surface area (Å²) in [6.07, 6.45) is 2.18. The Hall–Kier alpha value is -1.45. The first-order valence-electron chi connectivity index (χ1n) is 8.75. The number of carbonyl (C=O) groups is 3. The molecule has 1 unspecified atom stereocenters. The van der Waals surface area contributed by atoms with Crippen LogP contribution < -0.4 is 50.6 Å². The maximum atomic E-state index is 12.6. The minimum Gasteiger partial charge on any atom is -0.548 e. The Morgan fingerprint density at radius 2 is 1.96 bits per heavy atom. The van der Waals surface area contributed by atoms with E-state index in [1.165, 1.54) is 0 Å². The number of amides is 2. The van der Waals surface area contributed by atoms with Crippen molar-refractivity contribution in [2.24, 2.45) is 0 Å². The monoisotopic (exact) mass is 383 g/mol. The third-order valence-electron chi connectivity index (χ3n) is 4.56. The smallest absolute Gasteiger partial charge is 0.548 e. The van der Waals surface area contributed by atoms with E-state index in [1.807, 2.05) is 30.3 Å². The molecule has 3 N–H and O–H groups in total. The molecule has 2 aliphatic heterocycles. The van der Waals surface area contributed by atoms with Gasteiger partial charge in [-0.25, -0.2) is 0 Å². The zero-order valence-electron chi connectivity index (χ0n) is 15.3. The molecule has 1 aromatic carbocycles. The van der Waals surface area contributed by atoms with Gasteiger partial charge in [-0.1, -0.05) is 30.3 Å². The van der Waals surface area contributed by atoms with E-state index >= 15 is 0 Å². The van der Waals surface area contributed by atoms with Crippen molar-refractivity contribution in [1.29, 1.82) is 0 Å². The van der Waals surface area contributed by atoms with Crippen LogP contribution in [0.15, 0.2) is 30.3 Å². The largest absolute Gasteiger partial charge is 1.00 e. The van der Waals surface area contributed by atoms with Gasteiger partial charge in [-0.05, 0) is 18.4 Å². The van der Waals surface area contributed by atoms with E-state index < -0.39 is 30.0 Å². The first-order chi connectivity index (χ1) is 12.5. The summed E-state index contributed by atoms with van der Waals surface area (Å²) in [5, 5.41) is 18.8. The molecular formula is C18H22N3NaO5. The molecule has 2 amide bonds. The summed E-state index contributed by atoms with van der Waals surface area (Å²) >= 11 is 0. The Kier molecular flexibility index (Phi) is 8.25. The molecule has 2 fully saturated rings. The van der Waals surface area contributed by atoms with E-state index in [0.29, 0.717) is 19.6 Å². The van der Waals surface area contributed by atoms with Crippen molar-refractivity contribution in [3.63, 3.8) is 0 Å². The number of carboxylic acids is 1. The molecule has 2 heterocycles. The van der Waals surface area contributed by atoms with Crippen LogP contribution in [0.1, 0.15) is 18.4 Å². The van der Waals surface area contributed by atoms with Gasteiger partial charge >= 0.3 is 29.6 Å². The first kappa shape index (κ1) is 21.8. The number of carbonyl (C=O) groups excluding carboxylic acids is 3. The van der Waals surface area contributed by atoms with Crippen LogP contribution in [0.5, 0.6) is 0 Å². The van der Waals surface area contributed by atoms with Crippen LogP contribution in [-0.4, -0.2) is 55.2 Å². The summed E-state index contributed by atoms with van der Waals surface area (Å²) in [6.45, 7) is 1.09. The van der Waals surface area contributed by atoms with Crippen molar-refractivity contribution in [3.05, 3.63) is 35.9 Å². The number of rotatable bonds is 8. The number of benzene rings is 1. The first-order valence-corrected chi connectivity index (χ1v) is 8.75. The Morgan fingerprint density at radius 3 is 2.56 bits per heavy atom. The van der Waals surface area contributed by atoms with Gasteiger partial charge in [-0.15, -0.1) is 0 Å². The van der Waals surface area contributed by atoms with E-state index in [-0.39, 0.29) is 41.6 Å². The van der Waals surface area contributed by atoms with Gasteiger partial charge in [-0.2, -0.15) is 0 Å². The van der Waals surface area contributed by atoms with Crippen LogP contribution >= 0.6 is 0 Å². The second-order valence-corrected chi connectivity index (χ2v) is 6.57. The molecule has 8 nitrogen and oxygen atoms in total. The Morgan fingerprint density at radius 1 is 1.22 bits per heavy atom. The van der Waals surface area contributed by atoms with E-state index in [4.69, 9.17) is 4.74 Å². The molecule has 0 saturated carbocycles. The number of hydrogen-bond acceptors (Lipinski definition) is 6. The molecule has 0 radical (unpaired) electrons. The third-order valence-corrected chi connectivity index (χ3v) is 4.56. The minimum absolute atomic E-state index is 0. The van der Waals surface area contributed by atoms with Crippen LogP contribution in [0.2, 0.25) is 0 Å². The quantitative estimate of drug-likeness (QED) is 0.305. The predicted molar refractivity (Wildman–Crippen MR) is 89.8 cm³/mol. The molecule has 9 heteroatoms. The summed E-state index contributed by atoms with van der Waals surface area (Å²) in [5.41, 5.74) is 0.894. The topological polar surface area (TPSA) is 130 Å². The van der Waals surface area contributed by atoms with Crippen LogP contribution in [0.3, 0.4) is 0 Å². The summed E-state index contributed by atoms with van der Waals surface area (Å²) < 4.78 is 5.49. The van der Waals surface area contributed by atoms with Crippen LogP contribution in [0.25, 0.3) is 0 Å². The van der Waals surface area contributed by atoms with Crippen LogP contribution in [-0.2, 0) is 25.5 Å². The van der Waals surface area contributed by atoms with Crippen molar-refractivity contribution in [1.82, 2.24) is 16.0 Å². The SMILES string of the molecule is O=C(NCC1CCCO1)[C@H](Cc1ccccc1)NC(=O)[C@H]1N[C@@H]1C(=O)[O-].[Na+]. The van der Waals surface area contributed by atoms with Crippen molar-refractivity contribution in [2.45, 2.75) is 43.5 Å². The van der Waals surface area contributed by atoms with Gasteiger partial charge in [0, 0.05) is 19.6 Å². The molecular weight excluding hydrogens is 361 g/mol. The van der Waals surface area contributed by atoms with Gasteiger partial charge in [0.2, 0.25) is 11.8 Å². The fourth-order valence-corrected chi connectivity index (χ4v) is 3.03. The Bertz CT molecular complexity index is 666. The van der Waals surface area contributed by atoms with Gasteiger partial charge in [-0.3, -0.25) is 14.9 Å². The fourth-order valence-electron chi connectivity index (χ4n) is 3.03. The normalized spacial score (nSPS) is 24.4. The molecule has 4 atom stereocenters. The molecule has 1 aromatic rings. The second kappa shape index (κ2) is 10.2. The summed E-state index contributed by atoms with van der Waals surface area (Å²) in [6, 6.07) is 6.66. The third kappa shape index (κ3) is 6.29. The van der Waals surface area contributed by atoms with E-state index in [2.05, 4.69) is 16.0 Å². The van der Waals surface area contributed by atoms with Gasteiger partial charge in [0.25, 0.3) is 0 Å². The standard InChI is InChI=1S/C18H23N3O5.Na/c22-16(19-10-12-7-4-8-26-12)13(9-11-5-2-1-3-6-11)20-17(23)14-15(21-14)18(24)25;/h1-3,5-6,12-15,21H,4,7-10H2,(H,19,22)(H,20,23)(H,24,25);/q;+1/p-1/t12?,13-,14-,15-;/m0./s1. The number of ether oxygens (including phenoxy) is 1. The van der Waals surface area contributed by atoms with E-state index in [1.54, 1.807) is 0 Å². The van der Waals surface area contributed by atoms with Gasteiger partial charge < -0.3 is 25.3 Å². The molecule has 0 bridgehead atoms. The average molecular weight is 383 g/mol. The number of aliphatic carboxylic acids is 1. The maximum Gasteiger partial charge on any atom is 1.00 e. The number of nitrogens with one attached hydrogen (secondary N) is 3. The Labute approximate surface area is 179 Å². The van der Waals surface area contributed by atoms with Crippen molar-refractivity contribution >= 4 is 17.8 Å². The van der Waals surface area contributed by atoms with E-state index in [0.717, 1.165) is 18.4 Å². The van der Waals surface area contributed by atoms with Crippen molar-refractivity contribution in [3.8, 4) is 0 Å². The second-order valence-electron chi connectivity index (χ2n) is 6.57. The molecule has 0 aromatic heterocycles. The van der Waals surface area contributed by atoms with Crippen molar-refractivity contribution < 1.29 is 53.8 Å². The minimum atomic E-state index is -1.33. The summed E-state index contributed by atoms with van der Waals surface area (Å²) in [4.78, 5) is 35.6. The molecule has 3 rings (SSSR count). The summed E-state index contributed by atoms with van der Waals surface area (Å²) in [5.74, 6) is -2.16. The number of carboxylic acid groups (broad SMARTS) is 1. The zero-order valence-corrected chi connectivity index (χ0v) is 17.3. The van der Waals surface area contributed by atoms with Crippen LogP contribution in [0.4, 0.5) is 0 Å². The number of hydrogen-bond donors (Lipinski definition) is 3. The molecule has 2 aliphatic rings. The molecule has 0 aliphatic carbocycles. The van der Waals surface area contributed by atoms with Crippen LogP contribution in [0, 0.1) is 0 Å². The van der Waals surface area contributed by atoms with Gasteiger partial charge in [0.15, 0.2) is 0 Å². The molecule has 0 spiro atoms. The van der Waals surface area contributed by atoms with Crippen molar-refractivity contribution in [2.75, 3.05) is 13.2 Å². The maximum absolute atomic E-state index is 12.6. The van der Waals surface area contributed by atoms with Gasteiger partial charge in [0.1, 0.15) is 12.1 Å². The molecule has 2 saturated heterocycles.